The average molecular weight is 483 g/mol. The molecule has 0 saturated carbocycles. The normalized spacial score (nSPS) is 11.2. The molecule has 34 heavy (non-hydrogen) atoms. The number of nitrogens with one attached hydrogen (secondary N) is 2. The fraction of sp³-hybridized carbons (Fsp3) is 0.160. The van der Waals surface area contributed by atoms with Gasteiger partial charge in [-0.3, -0.25) is 4.79 Å². The van der Waals surface area contributed by atoms with Gasteiger partial charge < -0.3 is 25.2 Å². The molecule has 0 fully saturated rings. The van der Waals surface area contributed by atoms with Gasteiger partial charge in [-0.05, 0) is 47.5 Å². The van der Waals surface area contributed by atoms with Crippen molar-refractivity contribution in [3.63, 3.8) is 0 Å². The molecule has 3 aromatic rings. The number of hydrogen-bond acceptors (Lipinski definition) is 5. The Hall–Kier alpha value is -4.04. The lowest BCUT2D eigenvalue weighted by Crippen LogP contribution is -2.42. The van der Waals surface area contributed by atoms with Crippen molar-refractivity contribution in [3.8, 4) is 11.5 Å². The number of amides is 2. The molecule has 1 atom stereocenters. The molecule has 0 aliphatic rings. The molecule has 0 aromatic heterocycles. The molecule has 0 aliphatic carbocycles. The van der Waals surface area contributed by atoms with E-state index in [2.05, 4.69) is 10.6 Å². The number of rotatable bonds is 9. The van der Waals surface area contributed by atoms with Gasteiger partial charge in [-0.2, -0.15) is 0 Å². The Kier molecular flexibility index (Phi) is 8.48. The molecule has 2 amide bonds. The van der Waals surface area contributed by atoms with Gasteiger partial charge in [0, 0.05) is 13.0 Å². The largest absolute Gasteiger partial charge is 0.497 e. The maximum absolute atomic E-state index is 12.4. The van der Waals surface area contributed by atoms with Gasteiger partial charge in [0.25, 0.3) is 5.91 Å². The summed E-state index contributed by atoms with van der Waals surface area (Å²) in [5.41, 5.74) is 1.71. The van der Waals surface area contributed by atoms with Gasteiger partial charge in [-0.15, -0.1) is 0 Å². The van der Waals surface area contributed by atoms with Crippen molar-refractivity contribution in [1.29, 1.82) is 0 Å². The zero-order valence-corrected chi connectivity index (χ0v) is 19.0. The molecule has 1 unspecified atom stereocenters. The minimum Gasteiger partial charge on any atom is -0.497 e. The Balaban J connectivity index is 1.53. The van der Waals surface area contributed by atoms with Gasteiger partial charge in [-0.1, -0.05) is 48.0 Å². The van der Waals surface area contributed by atoms with Crippen LogP contribution < -0.4 is 20.1 Å². The summed E-state index contributed by atoms with van der Waals surface area (Å²) in [5.74, 6) is -0.743. The molecular formula is C25H23ClN2O6. The highest BCUT2D eigenvalue weighted by Gasteiger charge is 2.22. The van der Waals surface area contributed by atoms with E-state index in [1.54, 1.807) is 61.7 Å². The highest BCUT2D eigenvalue weighted by atomic mass is 35.5. The van der Waals surface area contributed by atoms with E-state index in [0.717, 1.165) is 11.3 Å². The average Bonchev–Trinajstić information content (AvgIpc) is 2.84. The first kappa shape index (κ1) is 24.6. The fourth-order valence-corrected chi connectivity index (χ4v) is 3.29. The minimum absolute atomic E-state index is 0.0372. The lowest BCUT2D eigenvalue weighted by Gasteiger charge is -2.15. The lowest BCUT2D eigenvalue weighted by molar-refractivity contribution is -0.139. The van der Waals surface area contributed by atoms with Crippen LogP contribution in [0.2, 0.25) is 5.02 Å². The molecule has 0 aliphatic heterocycles. The molecule has 0 bridgehead atoms. The summed E-state index contributed by atoms with van der Waals surface area (Å²) in [7, 11) is 1.58. The molecule has 3 aromatic carbocycles. The van der Waals surface area contributed by atoms with Crippen LogP contribution in [0, 0.1) is 0 Å². The number of aliphatic carboxylic acids is 1. The van der Waals surface area contributed by atoms with Crippen LogP contribution in [0.5, 0.6) is 11.5 Å². The van der Waals surface area contributed by atoms with Gasteiger partial charge in [0.15, 0.2) is 0 Å². The monoisotopic (exact) mass is 482 g/mol. The topological polar surface area (TPSA) is 114 Å². The summed E-state index contributed by atoms with van der Waals surface area (Å²) in [4.78, 5) is 36.1. The summed E-state index contributed by atoms with van der Waals surface area (Å²) < 4.78 is 10.3. The highest BCUT2D eigenvalue weighted by Crippen LogP contribution is 2.17. The first-order valence-electron chi connectivity index (χ1n) is 10.3. The number of benzene rings is 3. The Bertz CT molecular complexity index is 1150. The maximum Gasteiger partial charge on any atom is 0.412 e. The number of ether oxygens (including phenoxy) is 2. The van der Waals surface area contributed by atoms with E-state index in [4.69, 9.17) is 21.1 Å². The maximum atomic E-state index is 12.4. The van der Waals surface area contributed by atoms with Crippen LogP contribution in [0.3, 0.4) is 0 Å². The molecule has 0 heterocycles. The molecule has 9 heteroatoms. The Morgan fingerprint density at radius 3 is 2.15 bits per heavy atom. The van der Waals surface area contributed by atoms with Crippen molar-refractivity contribution in [2.75, 3.05) is 7.11 Å². The first-order valence-corrected chi connectivity index (χ1v) is 10.7. The van der Waals surface area contributed by atoms with Crippen LogP contribution in [-0.2, 0) is 17.8 Å². The van der Waals surface area contributed by atoms with E-state index in [1.165, 1.54) is 6.07 Å². The second-order valence-electron chi connectivity index (χ2n) is 7.28. The molecule has 176 valence electrons. The fourth-order valence-electron chi connectivity index (χ4n) is 3.07. The van der Waals surface area contributed by atoms with Gasteiger partial charge >= 0.3 is 12.1 Å². The number of hydrogen-bond donors (Lipinski definition) is 3. The Labute approximate surface area is 201 Å². The summed E-state index contributed by atoms with van der Waals surface area (Å²) >= 11 is 6.01. The molecule has 0 saturated heterocycles. The number of methoxy groups -OCH3 is 1. The third kappa shape index (κ3) is 6.98. The number of carbonyl (C=O) groups excluding carboxylic acids is 2. The lowest BCUT2D eigenvalue weighted by atomic mass is 10.1. The van der Waals surface area contributed by atoms with Crippen molar-refractivity contribution in [3.05, 3.63) is 94.5 Å². The second-order valence-corrected chi connectivity index (χ2v) is 7.69. The third-order valence-electron chi connectivity index (χ3n) is 4.89. The van der Waals surface area contributed by atoms with Crippen LogP contribution in [-0.4, -0.2) is 36.2 Å². The van der Waals surface area contributed by atoms with E-state index in [1.807, 2.05) is 12.1 Å². The highest BCUT2D eigenvalue weighted by molar-refractivity contribution is 6.33. The van der Waals surface area contributed by atoms with Gasteiger partial charge in [0.2, 0.25) is 0 Å². The Morgan fingerprint density at radius 2 is 1.53 bits per heavy atom. The van der Waals surface area contributed by atoms with Crippen molar-refractivity contribution >= 4 is 29.6 Å². The molecule has 3 rings (SSSR count). The number of carboxylic acid groups (broad SMARTS) is 1. The SMILES string of the molecule is COc1ccc(CNC(=O)Oc2ccc(CC(NC(=O)c3ccccc3Cl)C(=O)O)cc2)cc1. The number of halogens is 1. The first-order chi connectivity index (χ1) is 16.4. The van der Waals surface area contributed by atoms with Crippen molar-refractivity contribution in [1.82, 2.24) is 10.6 Å². The van der Waals surface area contributed by atoms with E-state index in [-0.39, 0.29) is 23.6 Å². The van der Waals surface area contributed by atoms with Crippen molar-refractivity contribution < 1.29 is 29.0 Å². The smallest absolute Gasteiger partial charge is 0.412 e. The van der Waals surface area contributed by atoms with Gasteiger partial charge in [-0.25, -0.2) is 9.59 Å². The zero-order valence-electron chi connectivity index (χ0n) is 18.3. The summed E-state index contributed by atoms with van der Waals surface area (Å²) in [6.45, 7) is 0.284. The van der Waals surface area contributed by atoms with Crippen LogP contribution >= 0.6 is 11.6 Å². The van der Waals surface area contributed by atoms with E-state index in [0.29, 0.717) is 11.3 Å². The summed E-state index contributed by atoms with van der Waals surface area (Å²) in [6.07, 6.45) is -0.589. The van der Waals surface area contributed by atoms with Crippen LogP contribution in [0.1, 0.15) is 21.5 Å². The van der Waals surface area contributed by atoms with Crippen LogP contribution in [0.4, 0.5) is 4.79 Å². The van der Waals surface area contributed by atoms with Crippen LogP contribution in [0.15, 0.2) is 72.8 Å². The van der Waals surface area contributed by atoms with E-state index in [9.17, 15) is 19.5 Å². The van der Waals surface area contributed by atoms with Crippen LogP contribution in [0.25, 0.3) is 0 Å². The summed E-state index contributed by atoms with van der Waals surface area (Å²) in [6, 6.07) is 18.8. The predicted octanol–water partition coefficient (Wildman–Crippen LogP) is 4.06. The standard InChI is InChI=1S/C25H23ClN2O6/c1-33-18-10-8-17(9-11-18)15-27-25(32)34-19-12-6-16(7-13-19)14-22(24(30)31)28-23(29)20-4-2-3-5-21(20)26/h2-13,22H,14-15H2,1H3,(H,27,32)(H,28,29)(H,30,31). The van der Waals surface area contributed by atoms with Crippen molar-refractivity contribution in [2.24, 2.45) is 0 Å². The molecule has 0 radical (unpaired) electrons. The van der Waals surface area contributed by atoms with Crippen molar-refractivity contribution in [2.45, 2.75) is 19.0 Å². The minimum atomic E-state index is -1.18. The number of carboxylic acids is 1. The molecule has 3 N–H and O–H groups in total. The predicted molar refractivity (Wildman–Crippen MR) is 126 cm³/mol. The molecular weight excluding hydrogens is 460 g/mol. The summed E-state index contributed by atoms with van der Waals surface area (Å²) in [5, 5.41) is 14.9. The zero-order chi connectivity index (χ0) is 24.5. The van der Waals surface area contributed by atoms with Gasteiger partial charge in [0.1, 0.15) is 17.5 Å². The van der Waals surface area contributed by atoms with Gasteiger partial charge in [0.05, 0.1) is 17.7 Å². The number of carbonyl (C=O) groups is 3. The van der Waals surface area contributed by atoms with E-state index >= 15 is 0 Å². The quantitative estimate of drug-likeness (QED) is 0.423. The molecule has 0 spiro atoms. The van der Waals surface area contributed by atoms with E-state index < -0.39 is 24.0 Å². The second kappa shape index (κ2) is 11.7. The third-order valence-corrected chi connectivity index (χ3v) is 5.22. The Morgan fingerprint density at radius 1 is 0.912 bits per heavy atom. The molecule has 8 nitrogen and oxygen atoms in total.